The van der Waals surface area contributed by atoms with Crippen LogP contribution >= 0.6 is 0 Å². The van der Waals surface area contributed by atoms with Gasteiger partial charge in [-0.3, -0.25) is 4.68 Å². The Kier molecular flexibility index (Phi) is 2.94. The molecule has 0 N–H and O–H groups in total. The number of nitrogens with zero attached hydrogens (tertiary/aromatic N) is 7. The third-order valence-corrected chi connectivity index (χ3v) is 2.93. The van der Waals surface area contributed by atoms with Crippen LogP contribution in [0.4, 0.5) is 5.82 Å². The minimum atomic E-state index is 0.745. The van der Waals surface area contributed by atoms with Gasteiger partial charge < -0.3 is 4.90 Å². The lowest BCUT2D eigenvalue weighted by atomic mass is 10.2. The van der Waals surface area contributed by atoms with Crippen molar-refractivity contribution in [3.63, 3.8) is 0 Å². The molecule has 0 amide bonds. The van der Waals surface area contributed by atoms with Gasteiger partial charge in [-0.15, -0.1) is 0 Å². The molecule has 0 aromatic carbocycles. The Morgan fingerprint density at radius 1 is 1.15 bits per heavy atom. The summed E-state index contributed by atoms with van der Waals surface area (Å²) in [4.78, 5) is 10.7. The molecule has 0 aliphatic carbocycles. The fourth-order valence-electron chi connectivity index (χ4n) is 2.06. The van der Waals surface area contributed by atoms with Gasteiger partial charge in [-0.25, -0.2) is 14.6 Å². The molecule has 0 saturated carbocycles. The molecule has 7 heteroatoms. The van der Waals surface area contributed by atoms with E-state index in [4.69, 9.17) is 0 Å². The molecule has 0 atom stereocenters. The van der Waals surface area contributed by atoms with Crippen LogP contribution in [-0.4, -0.2) is 43.6 Å². The zero-order chi connectivity index (χ0) is 14.1. The summed E-state index contributed by atoms with van der Waals surface area (Å²) in [6, 6.07) is 3.88. The van der Waals surface area contributed by atoms with E-state index in [2.05, 4.69) is 20.2 Å². The van der Waals surface area contributed by atoms with Gasteiger partial charge in [0.2, 0.25) is 0 Å². The fraction of sp³-hybridized carbons (Fsp3) is 0.231. The zero-order valence-electron chi connectivity index (χ0n) is 11.6. The Balaban J connectivity index is 2.15. The highest BCUT2D eigenvalue weighted by Crippen LogP contribution is 2.27. The Bertz CT molecular complexity index is 726. The summed E-state index contributed by atoms with van der Waals surface area (Å²) in [6.07, 6.45) is 6.95. The molecular weight excluding hydrogens is 254 g/mol. The van der Waals surface area contributed by atoms with Crippen LogP contribution in [0.5, 0.6) is 0 Å². The van der Waals surface area contributed by atoms with E-state index in [1.54, 1.807) is 21.8 Å². The average molecular weight is 269 g/mol. The van der Waals surface area contributed by atoms with E-state index in [1.165, 1.54) is 6.33 Å². The molecular formula is C13H15N7. The first-order chi connectivity index (χ1) is 9.66. The number of aromatic nitrogens is 6. The molecule has 7 nitrogen and oxygen atoms in total. The molecule has 0 unspecified atom stereocenters. The van der Waals surface area contributed by atoms with Gasteiger partial charge in [0.25, 0.3) is 0 Å². The lowest BCUT2D eigenvalue weighted by Gasteiger charge is -2.15. The predicted octanol–water partition coefficient (Wildman–Crippen LogP) is 1.13. The van der Waals surface area contributed by atoms with Crippen LogP contribution in [0.2, 0.25) is 0 Å². The van der Waals surface area contributed by atoms with Crippen molar-refractivity contribution in [2.75, 3.05) is 19.0 Å². The number of pyridine rings is 1. The van der Waals surface area contributed by atoms with Crippen LogP contribution in [0.1, 0.15) is 0 Å². The fourth-order valence-corrected chi connectivity index (χ4v) is 2.06. The van der Waals surface area contributed by atoms with E-state index in [0.29, 0.717) is 0 Å². The summed E-state index contributed by atoms with van der Waals surface area (Å²) >= 11 is 0. The number of hydrogen-bond donors (Lipinski definition) is 0. The smallest absolute Gasteiger partial charge is 0.167 e. The summed E-state index contributed by atoms with van der Waals surface area (Å²) in [5.74, 6) is 1.60. The van der Waals surface area contributed by atoms with Crippen molar-refractivity contribution in [1.29, 1.82) is 0 Å². The summed E-state index contributed by atoms with van der Waals surface area (Å²) in [7, 11) is 5.78. The third-order valence-electron chi connectivity index (χ3n) is 2.93. The van der Waals surface area contributed by atoms with Gasteiger partial charge in [0, 0.05) is 27.3 Å². The van der Waals surface area contributed by atoms with E-state index in [9.17, 15) is 0 Å². The Morgan fingerprint density at radius 2 is 2.00 bits per heavy atom. The molecule has 0 radical (unpaired) electrons. The number of hydrogen-bond acceptors (Lipinski definition) is 5. The number of rotatable bonds is 3. The van der Waals surface area contributed by atoms with E-state index in [0.717, 1.165) is 22.9 Å². The minimum Gasteiger partial charge on any atom is -0.362 e. The SMILES string of the molecule is CN(C)c1ncccc1-c1ncnn1-c1cnn(C)c1. The quantitative estimate of drug-likeness (QED) is 0.713. The maximum absolute atomic E-state index is 4.40. The molecule has 0 fully saturated rings. The summed E-state index contributed by atoms with van der Waals surface area (Å²) < 4.78 is 3.49. The van der Waals surface area contributed by atoms with Gasteiger partial charge in [-0.05, 0) is 12.1 Å². The molecule has 102 valence electrons. The van der Waals surface area contributed by atoms with Crippen LogP contribution in [0.15, 0.2) is 37.1 Å². The van der Waals surface area contributed by atoms with Gasteiger partial charge >= 0.3 is 0 Å². The van der Waals surface area contributed by atoms with Crippen LogP contribution in [-0.2, 0) is 7.05 Å². The molecule has 0 aliphatic heterocycles. The molecule has 20 heavy (non-hydrogen) atoms. The van der Waals surface area contributed by atoms with Crippen molar-refractivity contribution >= 4 is 5.82 Å². The molecule has 3 aromatic rings. The van der Waals surface area contributed by atoms with E-state index in [1.807, 2.05) is 44.4 Å². The first-order valence-electron chi connectivity index (χ1n) is 6.18. The van der Waals surface area contributed by atoms with Crippen molar-refractivity contribution in [3.05, 3.63) is 37.1 Å². The van der Waals surface area contributed by atoms with Gasteiger partial charge in [0.05, 0.1) is 18.0 Å². The molecule has 0 aliphatic rings. The Morgan fingerprint density at radius 3 is 2.70 bits per heavy atom. The largest absolute Gasteiger partial charge is 0.362 e. The maximum atomic E-state index is 4.40. The topological polar surface area (TPSA) is 64.7 Å². The van der Waals surface area contributed by atoms with Crippen LogP contribution in [0.25, 0.3) is 17.1 Å². The first kappa shape index (κ1) is 12.3. The van der Waals surface area contributed by atoms with Crippen LogP contribution in [0, 0.1) is 0 Å². The van der Waals surface area contributed by atoms with E-state index < -0.39 is 0 Å². The van der Waals surface area contributed by atoms with Crippen molar-refractivity contribution in [3.8, 4) is 17.1 Å². The highest BCUT2D eigenvalue weighted by atomic mass is 15.4. The second-order valence-corrected chi connectivity index (χ2v) is 4.64. The summed E-state index contributed by atoms with van der Waals surface area (Å²) in [5.41, 5.74) is 1.80. The van der Waals surface area contributed by atoms with Gasteiger partial charge in [-0.2, -0.15) is 10.2 Å². The monoisotopic (exact) mass is 269 g/mol. The molecule has 0 saturated heterocycles. The standard InChI is InChI=1S/C13H15N7/c1-18(2)12-11(5-4-6-14-12)13-15-9-17-20(13)10-7-16-19(3)8-10/h4-9H,1-3H3. The predicted molar refractivity (Wildman–Crippen MR) is 75.7 cm³/mol. The van der Waals surface area contributed by atoms with Gasteiger partial charge in [0.1, 0.15) is 17.8 Å². The molecule has 3 aromatic heterocycles. The average Bonchev–Trinajstić information content (AvgIpc) is 3.06. The van der Waals surface area contributed by atoms with Gasteiger partial charge in [0.15, 0.2) is 5.82 Å². The van der Waals surface area contributed by atoms with Crippen molar-refractivity contribution in [2.24, 2.45) is 7.05 Å². The summed E-state index contributed by atoms with van der Waals surface area (Å²) in [5, 5.41) is 8.45. The minimum absolute atomic E-state index is 0.745. The molecule has 3 rings (SSSR count). The molecule has 0 bridgehead atoms. The first-order valence-corrected chi connectivity index (χ1v) is 6.18. The second kappa shape index (κ2) is 4.76. The van der Waals surface area contributed by atoms with Crippen molar-refractivity contribution in [1.82, 2.24) is 29.5 Å². The third kappa shape index (κ3) is 2.03. The lowest BCUT2D eigenvalue weighted by Crippen LogP contribution is -2.13. The second-order valence-electron chi connectivity index (χ2n) is 4.64. The number of aryl methyl sites for hydroxylation is 1. The molecule has 3 heterocycles. The molecule has 0 spiro atoms. The normalized spacial score (nSPS) is 10.8. The number of anilines is 1. The van der Waals surface area contributed by atoms with Crippen molar-refractivity contribution in [2.45, 2.75) is 0 Å². The van der Waals surface area contributed by atoms with Gasteiger partial charge in [-0.1, -0.05) is 0 Å². The maximum Gasteiger partial charge on any atom is 0.167 e. The Hall–Kier alpha value is -2.70. The van der Waals surface area contributed by atoms with Crippen LogP contribution in [0.3, 0.4) is 0 Å². The van der Waals surface area contributed by atoms with Crippen molar-refractivity contribution < 1.29 is 0 Å². The Labute approximate surface area is 116 Å². The van der Waals surface area contributed by atoms with Crippen LogP contribution < -0.4 is 4.90 Å². The zero-order valence-corrected chi connectivity index (χ0v) is 11.6. The lowest BCUT2D eigenvalue weighted by molar-refractivity contribution is 0.766. The van der Waals surface area contributed by atoms with E-state index >= 15 is 0 Å². The highest BCUT2D eigenvalue weighted by Gasteiger charge is 2.15. The highest BCUT2D eigenvalue weighted by molar-refractivity contribution is 5.71. The van der Waals surface area contributed by atoms with E-state index in [-0.39, 0.29) is 0 Å². The summed E-state index contributed by atoms with van der Waals surface area (Å²) in [6.45, 7) is 0.